The van der Waals surface area contributed by atoms with E-state index in [4.69, 9.17) is 9.15 Å². The Balaban J connectivity index is 1.97. The number of likely N-dealkylation sites (N-methyl/N-ethyl adjacent to an activating group) is 1. The van der Waals surface area contributed by atoms with Gasteiger partial charge in [0.2, 0.25) is 0 Å². The van der Waals surface area contributed by atoms with Gasteiger partial charge in [-0.3, -0.25) is 4.90 Å². The molecule has 1 aromatic rings. The quantitative estimate of drug-likeness (QED) is 0.845. The summed E-state index contributed by atoms with van der Waals surface area (Å²) in [6, 6.07) is 2.58. The van der Waals surface area contributed by atoms with Crippen molar-refractivity contribution in [2.24, 2.45) is 0 Å². The number of rotatable bonds is 5. The first kappa shape index (κ1) is 12.6. The summed E-state index contributed by atoms with van der Waals surface area (Å²) in [5, 5.41) is 3.13. The first-order valence-electron chi connectivity index (χ1n) is 6.24. The lowest BCUT2D eigenvalue weighted by Gasteiger charge is -2.26. The smallest absolute Gasteiger partial charge is 0.122 e. The van der Waals surface area contributed by atoms with Crippen LogP contribution in [0, 0.1) is 0 Å². The van der Waals surface area contributed by atoms with Crippen molar-refractivity contribution < 1.29 is 9.15 Å². The Morgan fingerprint density at radius 2 is 2.35 bits per heavy atom. The highest BCUT2D eigenvalue weighted by atomic mass is 16.5. The molecule has 1 fully saturated rings. The lowest BCUT2D eigenvalue weighted by Crippen LogP contribution is -2.36. The molecular formula is C13H22N2O2. The molecule has 0 bridgehead atoms. The predicted octanol–water partition coefficient (Wildman–Crippen LogP) is 1.61. The van der Waals surface area contributed by atoms with Gasteiger partial charge in [-0.25, -0.2) is 0 Å². The van der Waals surface area contributed by atoms with Crippen molar-refractivity contribution in [1.82, 2.24) is 10.2 Å². The minimum atomic E-state index is 0.333. The molecule has 2 heterocycles. The zero-order chi connectivity index (χ0) is 12.3. The number of ether oxygens (including phenoxy) is 1. The van der Waals surface area contributed by atoms with Crippen molar-refractivity contribution in [3.8, 4) is 0 Å². The Kier molecular flexibility index (Phi) is 4.20. The normalized spacial score (nSPS) is 24.7. The van der Waals surface area contributed by atoms with Gasteiger partial charge in [-0.05, 0) is 33.5 Å². The Labute approximate surface area is 103 Å². The van der Waals surface area contributed by atoms with E-state index >= 15 is 0 Å². The van der Waals surface area contributed by atoms with E-state index in [2.05, 4.69) is 30.3 Å². The zero-order valence-electron chi connectivity index (χ0n) is 10.9. The van der Waals surface area contributed by atoms with E-state index in [1.54, 1.807) is 6.26 Å². The second kappa shape index (κ2) is 5.67. The Morgan fingerprint density at radius 1 is 1.53 bits per heavy atom. The van der Waals surface area contributed by atoms with Crippen LogP contribution in [-0.4, -0.2) is 37.7 Å². The highest BCUT2D eigenvalue weighted by Gasteiger charge is 2.28. The summed E-state index contributed by atoms with van der Waals surface area (Å²) in [6.45, 7) is 4.74. The largest absolute Gasteiger partial charge is 0.468 e. The molecular weight excluding hydrogens is 216 g/mol. The maximum Gasteiger partial charge on any atom is 0.122 e. The molecule has 2 atom stereocenters. The molecule has 0 spiro atoms. The average Bonchev–Trinajstić information content (AvgIpc) is 2.89. The summed E-state index contributed by atoms with van der Waals surface area (Å²) in [7, 11) is 4.09. The van der Waals surface area contributed by atoms with Crippen LogP contribution in [0.1, 0.15) is 24.7 Å². The fourth-order valence-corrected chi connectivity index (χ4v) is 2.51. The molecule has 2 rings (SSSR count). The third kappa shape index (κ3) is 2.89. The maximum absolute atomic E-state index is 5.61. The summed E-state index contributed by atoms with van der Waals surface area (Å²) in [5.41, 5.74) is 1.26. The SMILES string of the molecule is CNCc1occc1CN(C)C1CCOC1C. The van der Waals surface area contributed by atoms with Crippen molar-refractivity contribution >= 4 is 0 Å². The van der Waals surface area contributed by atoms with Crippen molar-refractivity contribution in [3.05, 3.63) is 23.7 Å². The van der Waals surface area contributed by atoms with E-state index in [9.17, 15) is 0 Å². The fourth-order valence-electron chi connectivity index (χ4n) is 2.51. The minimum absolute atomic E-state index is 0.333. The maximum atomic E-state index is 5.61. The van der Waals surface area contributed by atoms with Crippen LogP contribution in [0.25, 0.3) is 0 Å². The molecule has 0 aliphatic carbocycles. The number of nitrogens with zero attached hydrogens (tertiary/aromatic N) is 1. The molecule has 0 saturated carbocycles. The monoisotopic (exact) mass is 238 g/mol. The summed E-state index contributed by atoms with van der Waals surface area (Å²) in [5.74, 6) is 1.03. The molecule has 96 valence electrons. The molecule has 2 unspecified atom stereocenters. The number of hydrogen-bond acceptors (Lipinski definition) is 4. The molecule has 1 aromatic heterocycles. The van der Waals surface area contributed by atoms with Crippen LogP contribution in [0.2, 0.25) is 0 Å². The summed E-state index contributed by atoms with van der Waals surface area (Å²) in [6.07, 6.45) is 3.22. The molecule has 4 heteroatoms. The summed E-state index contributed by atoms with van der Waals surface area (Å²) < 4.78 is 11.1. The van der Waals surface area contributed by atoms with Crippen molar-refractivity contribution in [1.29, 1.82) is 0 Å². The van der Waals surface area contributed by atoms with Crippen LogP contribution in [-0.2, 0) is 17.8 Å². The van der Waals surface area contributed by atoms with Crippen LogP contribution in [0.5, 0.6) is 0 Å². The minimum Gasteiger partial charge on any atom is -0.468 e. The molecule has 1 N–H and O–H groups in total. The van der Waals surface area contributed by atoms with Crippen LogP contribution in [0.4, 0.5) is 0 Å². The first-order valence-corrected chi connectivity index (χ1v) is 6.24. The van der Waals surface area contributed by atoms with Gasteiger partial charge in [0.15, 0.2) is 0 Å². The van der Waals surface area contributed by atoms with Crippen LogP contribution in [0.15, 0.2) is 16.7 Å². The highest BCUT2D eigenvalue weighted by Crippen LogP contribution is 2.21. The van der Waals surface area contributed by atoms with Gasteiger partial charge in [0.05, 0.1) is 18.9 Å². The van der Waals surface area contributed by atoms with E-state index in [0.717, 1.165) is 31.9 Å². The fraction of sp³-hybridized carbons (Fsp3) is 0.692. The van der Waals surface area contributed by atoms with Gasteiger partial charge in [0.25, 0.3) is 0 Å². The zero-order valence-corrected chi connectivity index (χ0v) is 10.9. The molecule has 1 aliphatic heterocycles. The van der Waals surface area contributed by atoms with Gasteiger partial charge >= 0.3 is 0 Å². The Hall–Kier alpha value is -0.840. The molecule has 0 radical (unpaired) electrons. The third-order valence-electron chi connectivity index (χ3n) is 3.50. The molecule has 1 aliphatic rings. The molecule has 4 nitrogen and oxygen atoms in total. The van der Waals surface area contributed by atoms with E-state index in [0.29, 0.717) is 12.1 Å². The van der Waals surface area contributed by atoms with Crippen LogP contribution in [0.3, 0.4) is 0 Å². The van der Waals surface area contributed by atoms with Gasteiger partial charge in [0, 0.05) is 24.8 Å². The van der Waals surface area contributed by atoms with E-state index in [1.165, 1.54) is 5.56 Å². The van der Waals surface area contributed by atoms with E-state index < -0.39 is 0 Å². The molecule has 0 amide bonds. The third-order valence-corrected chi connectivity index (χ3v) is 3.50. The first-order chi connectivity index (χ1) is 8.22. The summed E-state index contributed by atoms with van der Waals surface area (Å²) in [4.78, 5) is 2.36. The van der Waals surface area contributed by atoms with Crippen LogP contribution < -0.4 is 5.32 Å². The van der Waals surface area contributed by atoms with Gasteiger partial charge in [-0.1, -0.05) is 0 Å². The van der Waals surface area contributed by atoms with E-state index in [1.807, 2.05) is 7.05 Å². The lowest BCUT2D eigenvalue weighted by molar-refractivity contribution is 0.0812. The van der Waals surface area contributed by atoms with Crippen molar-refractivity contribution in [2.75, 3.05) is 20.7 Å². The van der Waals surface area contributed by atoms with Crippen molar-refractivity contribution in [2.45, 2.75) is 38.6 Å². The summed E-state index contributed by atoms with van der Waals surface area (Å²) >= 11 is 0. The highest BCUT2D eigenvalue weighted by molar-refractivity contribution is 5.17. The molecule has 17 heavy (non-hydrogen) atoms. The van der Waals surface area contributed by atoms with E-state index in [-0.39, 0.29) is 0 Å². The second-order valence-corrected chi connectivity index (χ2v) is 4.75. The van der Waals surface area contributed by atoms with Gasteiger partial charge in [-0.2, -0.15) is 0 Å². The van der Waals surface area contributed by atoms with Gasteiger partial charge < -0.3 is 14.5 Å². The lowest BCUT2D eigenvalue weighted by atomic mass is 10.1. The molecule has 1 saturated heterocycles. The standard InChI is InChI=1S/C13H22N2O2/c1-10-12(5-7-16-10)15(3)9-11-4-6-17-13(11)8-14-2/h4,6,10,12,14H,5,7-9H2,1-3H3. The van der Waals surface area contributed by atoms with Crippen LogP contribution >= 0.6 is 0 Å². The Bertz CT molecular complexity index is 351. The van der Waals surface area contributed by atoms with Gasteiger partial charge in [0.1, 0.15) is 5.76 Å². The topological polar surface area (TPSA) is 37.6 Å². The number of hydrogen-bond donors (Lipinski definition) is 1. The molecule has 0 aromatic carbocycles. The van der Waals surface area contributed by atoms with Gasteiger partial charge in [-0.15, -0.1) is 0 Å². The number of nitrogens with one attached hydrogen (secondary N) is 1. The Morgan fingerprint density at radius 3 is 3.00 bits per heavy atom. The number of furan rings is 1. The second-order valence-electron chi connectivity index (χ2n) is 4.75. The predicted molar refractivity (Wildman–Crippen MR) is 66.8 cm³/mol. The van der Waals surface area contributed by atoms with Crippen molar-refractivity contribution in [3.63, 3.8) is 0 Å². The average molecular weight is 238 g/mol.